The molecule has 3 rings (SSSR count). The second-order valence-corrected chi connectivity index (χ2v) is 5.91. The van der Waals surface area contributed by atoms with Crippen molar-refractivity contribution < 1.29 is 14.3 Å². The summed E-state index contributed by atoms with van der Waals surface area (Å²) in [6, 6.07) is 5.80. The van der Waals surface area contributed by atoms with Crippen molar-refractivity contribution in [1.82, 2.24) is 4.98 Å². The number of aromatic nitrogens is 1. The summed E-state index contributed by atoms with van der Waals surface area (Å²) in [6.45, 7) is 0.701. The van der Waals surface area contributed by atoms with Crippen molar-refractivity contribution >= 4 is 28.3 Å². The van der Waals surface area contributed by atoms with Gasteiger partial charge in [0.25, 0.3) is 0 Å². The van der Waals surface area contributed by atoms with E-state index < -0.39 is 5.91 Å². The predicted molar refractivity (Wildman–Crippen MR) is 83.0 cm³/mol. The third kappa shape index (κ3) is 3.43. The fourth-order valence-corrected chi connectivity index (χ4v) is 3.05. The van der Waals surface area contributed by atoms with Crippen molar-refractivity contribution in [3.63, 3.8) is 0 Å². The Balaban J connectivity index is 1.60. The van der Waals surface area contributed by atoms with E-state index in [1.54, 1.807) is 5.38 Å². The number of benzene rings is 1. The molecule has 0 fully saturated rings. The summed E-state index contributed by atoms with van der Waals surface area (Å²) in [4.78, 5) is 27.0. The molecule has 2 amide bonds. The lowest BCUT2D eigenvalue weighted by Gasteiger charge is -2.04. The topological polar surface area (TPSA) is 94.3 Å². The van der Waals surface area contributed by atoms with Gasteiger partial charge in [0, 0.05) is 11.8 Å². The Morgan fingerprint density at radius 1 is 1.36 bits per heavy atom. The first-order chi connectivity index (χ1) is 10.6. The number of anilines is 1. The van der Waals surface area contributed by atoms with Gasteiger partial charge >= 0.3 is 0 Å². The van der Waals surface area contributed by atoms with Gasteiger partial charge in [0.15, 0.2) is 5.13 Å². The molecule has 0 saturated heterocycles. The van der Waals surface area contributed by atoms with Gasteiger partial charge in [-0.2, -0.15) is 0 Å². The molecule has 0 spiro atoms. The number of nitrogens with one attached hydrogen (secondary N) is 1. The molecule has 0 atom stereocenters. The molecule has 22 heavy (non-hydrogen) atoms. The van der Waals surface area contributed by atoms with Crippen LogP contribution < -0.4 is 15.8 Å². The van der Waals surface area contributed by atoms with E-state index in [4.69, 9.17) is 10.5 Å². The smallest absolute Gasteiger partial charge is 0.230 e. The number of amides is 2. The average Bonchev–Trinajstić information content (AvgIpc) is 3.06. The molecule has 7 heteroatoms. The molecule has 0 saturated carbocycles. The molecule has 114 valence electrons. The van der Waals surface area contributed by atoms with Crippen molar-refractivity contribution in [2.45, 2.75) is 19.3 Å². The number of thiazole rings is 1. The molecule has 3 N–H and O–H groups in total. The van der Waals surface area contributed by atoms with Crippen LogP contribution in [0.2, 0.25) is 0 Å². The van der Waals surface area contributed by atoms with Crippen LogP contribution in [0.1, 0.15) is 16.8 Å². The maximum Gasteiger partial charge on any atom is 0.230 e. The van der Waals surface area contributed by atoms with E-state index in [0.29, 0.717) is 17.4 Å². The van der Waals surface area contributed by atoms with Gasteiger partial charge < -0.3 is 15.8 Å². The predicted octanol–water partition coefficient (Wildman–Crippen LogP) is 1.29. The van der Waals surface area contributed by atoms with Crippen molar-refractivity contribution in [3.05, 3.63) is 40.4 Å². The molecule has 1 aromatic heterocycles. The van der Waals surface area contributed by atoms with Crippen LogP contribution in [0.4, 0.5) is 5.13 Å². The first-order valence-electron chi connectivity index (χ1n) is 6.87. The van der Waals surface area contributed by atoms with Gasteiger partial charge in [0.2, 0.25) is 11.8 Å². The SMILES string of the molecule is NC(=O)Cc1csc(NC(=O)Cc2ccc3c(c2)CCO3)n1. The molecule has 0 radical (unpaired) electrons. The standard InChI is InChI=1S/C15H15N3O3S/c16-13(19)7-11-8-22-15(17-11)18-14(20)6-9-1-2-12-10(5-9)3-4-21-12/h1-2,5,8H,3-4,6-7H2,(H2,16,19)(H,17,18,20). The first kappa shape index (κ1) is 14.5. The Labute approximate surface area is 131 Å². The van der Waals surface area contributed by atoms with E-state index in [-0.39, 0.29) is 18.7 Å². The first-order valence-corrected chi connectivity index (χ1v) is 7.75. The van der Waals surface area contributed by atoms with Gasteiger partial charge in [-0.1, -0.05) is 12.1 Å². The molecule has 0 aliphatic carbocycles. The Morgan fingerprint density at radius 3 is 3.05 bits per heavy atom. The molecular formula is C15H15N3O3S. The van der Waals surface area contributed by atoms with E-state index >= 15 is 0 Å². The summed E-state index contributed by atoms with van der Waals surface area (Å²) in [5.41, 5.74) is 7.76. The molecule has 2 heterocycles. The Kier molecular flexibility index (Phi) is 4.06. The monoisotopic (exact) mass is 317 g/mol. The molecule has 1 aliphatic rings. The van der Waals surface area contributed by atoms with Crippen LogP contribution in [0.3, 0.4) is 0 Å². The fraction of sp³-hybridized carbons (Fsp3) is 0.267. The van der Waals surface area contributed by atoms with Crippen molar-refractivity contribution in [2.24, 2.45) is 5.73 Å². The summed E-state index contributed by atoms with van der Waals surface area (Å²) in [5.74, 6) is 0.322. The number of carbonyl (C=O) groups excluding carboxylic acids is 2. The quantitative estimate of drug-likeness (QED) is 0.868. The Bertz CT molecular complexity index is 727. The summed E-state index contributed by atoms with van der Waals surface area (Å²) >= 11 is 1.28. The Morgan fingerprint density at radius 2 is 2.23 bits per heavy atom. The third-order valence-corrected chi connectivity index (χ3v) is 4.08. The second kappa shape index (κ2) is 6.15. The summed E-state index contributed by atoms with van der Waals surface area (Å²) in [7, 11) is 0. The normalized spacial score (nSPS) is 12.5. The van der Waals surface area contributed by atoms with Crippen LogP contribution >= 0.6 is 11.3 Å². The molecular weight excluding hydrogens is 302 g/mol. The molecule has 1 aliphatic heterocycles. The number of ether oxygens (including phenoxy) is 1. The van der Waals surface area contributed by atoms with Gasteiger partial charge in [-0.25, -0.2) is 4.98 Å². The lowest BCUT2D eigenvalue weighted by molar-refractivity contribution is -0.117. The summed E-state index contributed by atoms with van der Waals surface area (Å²) in [6.07, 6.45) is 1.24. The lowest BCUT2D eigenvalue weighted by atomic mass is 10.1. The zero-order chi connectivity index (χ0) is 15.5. The zero-order valence-corrected chi connectivity index (χ0v) is 12.6. The van der Waals surface area contributed by atoms with Gasteiger partial charge in [0.1, 0.15) is 5.75 Å². The van der Waals surface area contributed by atoms with Gasteiger partial charge in [-0.05, 0) is 17.2 Å². The number of primary amides is 1. The number of nitrogens with zero attached hydrogens (tertiary/aromatic N) is 1. The molecule has 0 unspecified atom stereocenters. The Hall–Kier alpha value is -2.41. The minimum absolute atomic E-state index is 0.0805. The fourth-order valence-electron chi connectivity index (χ4n) is 2.32. The van der Waals surface area contributed by atoms with Crippen molar-refractivity contribution in [1.29, 1.82) is 0 Å². The van der Waals surface area contributed by atoms with E-state index in [2.05, 4.69) is 10.3 Å². The van der Waals surface area contributed by atoms with Crippen molar-refractivity contribution in [3.8, 4) is 5.75 Å². The molecule has 6 nitrogen and oxygen atoms in total. The average molecular weight is 317 g/mol. The summed E-state index contributed by atoms with van der Waals surface area (Å²) in [5, 5.41) is 4.93. The van der Waals surface area contributed by atoms with Gasteiger partial charge in [-0.3, -0.25) is 9.59 Å². The number of hydrogen-bond donors (Lipinski definition) is 2. The minimum Gasteiger partial charge on any atom is -0.493 e. The highest BCUT2D eigenvalue weighted by molar-refractivity contribution is 7.13. The van der Waals surface area contributed by atoms with E-state index in [0.717, 1.165) is 23.3 Å². The van der Waals surface area contributed by atoms with Gasteiger partial charge in [-0.15, -0.1) is 11.3 Å². The van der Waals surface area contributed by atoms with Crippen LogP contribution in [0.25, 0.3) is 0 Å². The lowest BCUT2D eigenvalue weighted by Crippen LogP contribution is -2.15. The largest absolute Gasteiger partial charge is 0.493 e. The molecule has 1 aromatic carbocycles. The molecule has 0 bridgehead atoms. The highest BCUT2D eigenvalue weighted by Gasteiger charge is 2.14. The van der Waals surface area contributed by atoms with Gasteiger partial charge in [0.05, 0.1) is 25.1 Å². The van der Waals surface area contributed by atoms with E-state index in [1.165, 1.54) is 11.3 Å². The van der Waals surface area contributed by atoms with E-state index in [1.807, 2.05) is 18.2 Å². The third-order valence-electron chi connectivity index (χ3n) is 3.27. The maximum absolute atomic E-state index is 12.0. The highest BCUT2D eigenvalue weighted by Crippen LogP contribution is 2.26. The maximum atomic E-state index is 12.0. The van der Waals surface area contributed by atoms with Crippen LogP contribution in [-0.2, 0) is 28.9 Å². The van der Waals surface area contributed by atoms with E-state index in [9.17, 15) is 9.59 Å². The zero-order valence-electron chi connectivity index (χ0n) is 11.8. The van der Waals surface area contributed by atoms with Crippen LogP contribution in [0.15, 0.2) is 23.6 Å². The number of fused-ring (bicyclic) bond motifs is 1. The summed E-state index contributed by atoms with van der Waals surface area (Å²) < 4.78 is 5.44. The minimum atomic E-state index is -0.441. The number of nitrogens with two attached hydrogens (primary N) is 1. The number of carbonyl (C=O) groups is 2. The van der Waals surface area contributed by atoms with Crippen LogP contribution in [0.5, 0.6) is 5.75 Å². The van der Waals surface area contributed by atoms with Crippen molar-refractivity contribution in [2.75, 3.05) is 11.9 Å². The number of rotatable bonds is 5. The second-order valence-electron chi connectivity index (χ2n) is 5.05. The number of hydrogen-bond acceptors (Lipinski definition) is 5. The van der Waals surface area contributed by atoms with Crippen LogP contribution in [-0.4, -0.2) is 23.4 Å². The highest BCUT2D eigenvalue weighted by atomic mass is 32.1. The van der Waals surface area contributed by atoms with Crippen LogP contribution in [0, 0.1) is 0 Å². The molecule has 2 aromatic rings.